The Balaban J connectivity index is 2.04. The summed E-state index contributed by atoms with van der Waals surface area (Å²) in [5.41, 5.74) is 0. The lowest BCUT2D eigenvalue weighted by molar-refractivity contribution is -0.126. The molecular formula is C9H10O2. The summed E-state index contributed by atoms with van der Waals surface area (Å²) in [4.78, 5) is 22.0. The second-order valence-electron chi connectivity index (χ2n) is 4.07. The zero-order valence-electron chi connectivity index (χ0n) is 6.19. The summed E-state index contributed by atoms with van der Waals surface area (Å²) in [5.74, 6) is 2.08. The van der Waals surface area contributed by atoms with Crippen molar-refractivity contribution in [3.63, 3.8) is 0 Å². The quantitative estimate of drug-likeness (QED) is 0.406. The smallest absolute Gasteiger partial charge is 0.146 e. The lowest BCUT2D eigenvalue weighted by Gasteiger charge is -2.33. The Hall–Kier alpha value is -0.660. The molecule has 0 radical (unpaired) electrons. The van der Waals surface area contributed by atoms with Crippen LogP contribution in [0.25, 0.3) is 0 Å². The van der Waals surface area contributed by atoms with Gasteiger partial charge in [0, 0.05) is 5.92 Å². The molecule has 11 heavy (non-hydrogen) atoms. The van der Waals surface area contributed by atoms with E-state index in [1.54, 1.807) is 0 Å². The third-order valence-electron chi connectivity index (χ3n) is 3.96. The van der Waals surface area contributed by atoms with Crippen LogP contribution in [-0.2, 0) is 9.59 Å². The lowest BCUT2D eigenvalue weighted by atomic mass is 9.69. The van der Waals surface area contributed by atoms with Crippen molar-refractivity contribution in [1.29, 1.82) is 0 Å². The van der Waals surface area contributed by atoms with Crippen LogP contribution < -0.4 is 0 Å². The fourth-order valence-corrected chi connectivity index (χ4v) is 3.62. The molecule has 0 aliphatic heterocycles. The number of aldehydes is 1. The second kappa shape index (κ2) is 1.57. The summed E-state index contributed by atoms with van der Waals surface area (Å²) < 4.78 is 0. The van der Waals surface area contributed by atoms with E-state index in [9.17, 15) is 9.59 Å². The van der Waals surface area contributed by atoms with Crippen LogP contribution in [-0.4, -0.2) is 12.1 Å². The number of fused-ring (bicyclic) bond motifs is 2. The highest BCUT2D eigenvalue weighted by Crippen LogP contribution is 2.67. The molecule has 0 aromatic heterocycles. The fourth-order valence-electron chi connectivity index (χ4n) is 3.62. The van der Waals surface area contributed by atoms with Crippen molar-refractivity contribution < 1.29 is 9.59 Å². The first-order valence-electron chi connectivity index (χ1n) is 4.33. The largest absolute Gasteiger partial charge is 0.303 e. The van der Waals surface area contributed by atoms with Crippen molar-refractivity contribution in [3.8, 4) is 0 Å². The Morgan fingerprint density at radius 2 is 1.91 bits per heavy atom. The SMILES string of the molecule is O=CC1C(=O)C2C3CCC2C13. The van der Waals surface area contributed by atoms with E-state index in [-0.39, 0.29) is 11.7 Å². The number of rotatable bonds is 1. The number of hydrogen-bond donors (Lipinski definition) is 0. The number of carbonyl (C=O) groups is 2. The topological polar surface area (TPSA) is 34.1 Å². The first-order chi connectivity index (χ1) is 5.34. The van der Waals surface area contributed by atoms with Gasteiger partial charge in [-0.05, 0) is 30.6 Å². The molecule has 0 N–H and O–H groups in total. The minimum Gasteiger partial charge on any atom is -0.303 e. The minimum absolute atomic E-state index is 0.197. The molecule has 2 heteroatoms. The maximum Gasteiger partial charge on any atom is 0.146 e. The molecule has 3 atom stereocenters. The summed E-state index contributed by atoms with van der Waals surface area (Å²) in [6.07, 6.45) is 3.29. The molecule has 5 saturated carbocycles. The Kier molecular flexibility index (Phi) is 0.846. The predicted octanol–water partition coefficient (Wildman–Crippen LogP) is 0.656. The summed E-state index contributed by atoms with van der Waals surface area (Å²) in [6, 6.07) is 0. The number of ketones is 1. The van der Waals surface area contributed by atoms with Gasteiger partial charge in [0.2, 0.25) is 0 Å². The first kappa shape index (κ1) is 5.92. The third-order valence-corrected chi connectivity index (χ3v) is 3.96. The van der Waals surface area contributed by atoms with Crippen LogP contribution in [0.5, 0.6) is 0 Å². The molecule has 5 aliphatic rings. The molecular weight excluding hydrogens is 140 g/mol. The van der Waals surface area contributed by atoms with Gasteiger partial charge in [-0.3, -0.25) is 4.79 Å². The lowest BCUT2D eigenvalue weighted by Crippen LogP contribution is -2.32. The highest BCUT2D eigenvalue weighted by molar-refractivity contribution is 6.00. The molecule has 58 valence electrons. The van der Waals surface area contributed by atoms with Gasteiger partial charge in [-0.25, -0.2) is 0 Å². The molecule has 0 aromatic rings. The van der Waals surface area contributed by atoms with E-state index in [1.807, 2.05) is 0 Å². The van der Waals surface area contributed by atoms with Gasteiger partial charge in [0.05, 0.1) is 5.92 Å². The van der Waals surface area contributed by atoms with Crippen LogP contribution >= 0.6 is 0 Å². The van der Waals surface area contributed by atoms with E-state index in [1.165, 1.54) is 12.8 Å². The van der Waals surface area contributed by atoms with Crippen LogP contribution in [0, 0.1) is 29.6 Å². The Morgan fingerprint density at radius 3 is 2.27 bits per heavy atom. The molecule has 2 nitrogen and oxygen atoms in total. The standard InChI is InChI=1S/C9H10O2/c10-3-6-7-4-1-2-5(7)8(4)9(6)11/h3-8H,1-2H2. The highest BCUT2D eigenvalue weighted by atomic mass is 16.1. The number of carbonyl (C=O) groups excluding carboxylic acids is 2. The zero-order valence-corrected chi connectivity index (χ0v) is 6.19. The Bertz CT molecular complexity index is 234. The van der Waals surface area contributed by atoms with Crippen molar-refractivity contribution in [2.75, 3.05) is 0 Å². The van der Waals surface area contributed by atoms with E-state index in [4.69, 9.17) is 0 Å². The summed E-state index contributed by atoms with van der Waals surface area (Å²) in [5, 5.41) is 0. The van der Waals surface area contributed by atoms with Crippen LogP contribution in [0.4, 0.5) is 0 Å². The van der Waals surface area contributed by atoms with Gasteiger partial charge >= 0.3 is 0 Å². The monoisotopic (exact) mass is 150 g/mol. The maximum absolute atomic E-state index is 11.4. The maximum atomic E-state index is 11.4. The van der Waals surface area contributed by atoms with Gasteiger partial charge in [0.1, 0.15) is 12.1 Å². The van der Waals surface area contributed by atoms with E-state index in [0.29, 0.717) is 23.7 Å². The van der Waals surface area contributed by atoms with E-state index in [0.717, 1.165) is 6.29 Å². The van der Waals surface area contributed by atoms with Crippen LogP contribution in [0.2, 0.25) is 0 Å². The summed E-state index contributed by atoms with van der Waals surface area (Å²) >= 11 is 0. The third kappa shape index (κ3) is 0.427. The van der Waals surface area contributed by atoms with Crippen LogP contribution in [0.15, 0.2) is 0 Å². The molecule has 0 heterocycles. The van der Waals surface area contributed by atoms with Gasteiger partial charge < -0.3 is 4.79 Å². The molecule has 4 bridgehead atoms. The first-order valence-corrected chi connectivity index (χ1v) is 4.33. The zero-order chi connectivity index (χ0) is 7.59. The van der Waals surface area contributed by atoms with Crippen LogP contribution in [0.3, 0.4) is 0 Å². The molecule has 0 amide bonds. The summed E-state index contributed by atoms with van der Waals surface area (Å²) in [6.45, 7) is 0. The van der Waals surface area contributed by atoms with Gasteiger partial charge in [-0.2, -0.15) is 0 Å². The van der Waals surface area contributed by atoms with E-state index >= 15 is 0 Å². The highest BCUT2D eigenvalue weighted by Gasteiger charge is 2.68. The van der Waals surface area contributed by atoms with Gasteiger partial charge in [-0.15, -0.1) is 0 Å². The van der Waals surface area contributed by atoms with Crippen molar-refractivity contribution in [2.45, 2.75) is 12.8 Å². The molecule has 5 aliphatic carbocycles. The molecule has 0 aromatic carbocycles. The second-order valence-corrected chi connectivity index (χ2v) is 4.07. The van der Waals surface area contributed by atoms with Gasteiger partial charge in [-0.1, -0.05) is 0 Å². The van der Waals surface area contributed by atoms with Crippen molar-refractivity contribution in [3.05, 3.63) is 0 Å². The Morgan fingerprint density at radius 1 is 1.27 bits per heavy atom. The predicted molar refractivity (Wildman–Crippen MR) is 37.8 cm³/mol. The minimum atomic E-state index is -0.197. The molecule has 0 spiro atoms. The average molecular weight is 150 g/mol. The van der Waals surface area contributed by atoms with E-state index in [2.05, 4.69) is 0 Å². The number of hydrogen-bond acceptors (Lipinski definition) is 2. The van der Waals surface area contributed by atoms with Gasteiger partial charge in [0.25, 0.3) is 0 Å². The Labute approximate surface area is 65.0 Å². The molecule has 5 rings (SSSR count). The van der Waals surface area contributed by atoms with Gasteiger partial charge in [0.15, 0.2) is 0 Å². The fraction of sp³-hybridized carbons (Fsp3) is 0.778. The van der Waals surface area contributed by atoms with E-state index < -0.39 is 0 Å². The van der Waals surface area contributed by atoms with Crippen LogP contribution in [0.1, 0.15) is 12.8 Å². The summed E-state index contributed by atoms with van der Waals surface area (Å²) in [7, 11) is 0. The molecule has 0 saturated heterocycles. The van der Waals surface area contributed by atoms with Crippen molar-refractivity contribution >= 4 is 12.1 Å². The average Bonchev–Trinajstić information content (AvgIpc) is 2.59. The van der Waals surface area contributed by atoms with Crippen molar-refractivity contribution in [1.82, 2.24) is 0 Å². The normalized spacial score (nSPS) is 57.8. The number of Topliss-reactive ketones (excluding diaryl/α,β-unsaturated/α-hetero) is 1. The molecule has 3 unspecified atom stereocenters. The molecule has 5 fully saturated rings. The van der Waals surface area contributed by atoms with Crippen molar-refractivity contribution in [2.24, 2.45) is 29.6 Å².